The molecule has 0 aromatic heterocycles. The van der Waals surface area contributed by atoms with Crippen molar-refractivity contribution in [1.29, 1.82) is 0 Å². The average Bonchev–Trinajstić information content (AvgIpc) is 3.22. The van der Waals surface area contributed by atoms with E-state index in [9.17, 15) is 13.5 Å². The Morgan fingerprint density at radius 2 is 1.77 bits per heavy atom. The minimum absolute atomic E-state index is 0.243. The molecule has 4 nitrogen and oxygen atoms in total. The summed E-state index contributed by atoms with van der Waals surface area (Å²) in [5, 5.41) is 10.8. The van der Waals surface area contributed by atoms with Gasteiger partial charge in [-0.05, 0) is 68.7 Å². The number of aliphatic hydroxyl groups is 1. The Bertz CT molecular complexity index is 690. The van der Waals surface area contributed by atoms with Gasteiger partial charge < -0.3 is 5.11 Å². The summed E-state index contributed by atoms with van der Waals surface area (Å²) in [5.41, 5.74) is 0.939. The first-order valence-electron chi connectivity index (χ1n) is 7.73. The maximum absolute atomic E-state index is 12.9. The van der Waals surface area contributed by atoms with Crippen LogP contribution in [0.1, 0.15) is 36.8 Å². The molecule has 1 aliphatic carbocycles. The third-order valence-electron chi connectivity index (χ3n) is 5.05. The molecule has 1 saturated carbocycles. The Labute approximate surface area is 137 Å². The lowest BCUT2D eigenvalue weighted by atomic mass is 9.90. The van der Waals surface area contributed by atoms with Crippen LogP contribution in [-0.4, -0.2) is 36.5 Å². The van der Waals surface area contributed by atoms with Gasteiger partial charge in [0.2, 0.25) is 10.0 Å². The van der Waals surface area contributed by atoms with Gasteiger partial charge in [0.1, 0.15) is 0 Å². The Kier molecular flexibility index (Phi) is 4.05. The van der Waals surface area contributed by atoms with Gasteiger partial charge in [-0.3, -0.25) is 0 Å². The van der Waals surface area contributed by atoms with Crippen LogP contribution in [0.3, 0.4) is 0 Å². The fraction of sp³-hybridized carbons (Fsp3) is 0.625. The molecule has 0 unspecified atom stereocenters. The van der Waals surface area contributed by atoms with Crippen molar-refractivity contribution in [3.63, 3.8) is 0 Å². The van der Waals surface area contributed by atoms with Crippen molar-refractivity contribution in [2.45, 2.75) is 50.0 Å². The van der Waals surface area contributed by atoms with Gasteiger partial charge in [-0.2, -0.15) is 4.31 Å². The first-order valence-corrected chi connectivity index (χ1v) is 9.55. The first-order chi connectivity index (χ1) is 10.2. The Morgan fingerprint density at radius 1 is 1.18 bits per heavy atom. The van der Waals surface area contributed by atoms with E-state index in [4.69, 9.17) is 11.6 Å². The molecule has 122 valence electrons. The topological polar surface area (TPSA) is 57.6 Å². The molecule has 1 heterocycles. The molecule has 2 fully saturated rings. The summed E-state index contributed by atoms with van der Waals surface area (Å²) >= 11 is 6.06. The number of hydrogen-bond acceptors (Lipinski definition) is 3. The van der Waals surface area contributed by atoms with Crippen LogP contribution in [0.5, 0.6) is 0 Å². The lowest BCUT2D eigenvalue weighted by molar-refractivity contribution is 0.0534. The Hall–Kier alpha value is -0.620. The van der Waals surface area contributed by atoms with E-state index < -0.39 is 15.6 Å². The molecule has 1 aliphatic heterocycles. The number of nitrogens with zero attached hydrogens (tertiary/aromatic N) is 1. The molecule has 0 amide bonds. The van der Waals surface area contributed by atoms with Crippen LogP contribution >= 0.6 is 11.6 Å². The van der Waals surface area contributed by atoms with Crippen LogP contribution in [-0.2, 0) is 10.0 Å². The molecule has 1 saturated heterocycles. The molecule has 1 aromatic rings. The Balaban J connectivity index is 1.81. The van der Waals surface area contributed by atoms with Gasteiger partial charge in [0.25, 0.3) is 0 Å². The largest absolute Gasteiger partial charge is 0.390 e. The summed E-state index contributed by atoms with van der Waals surface area (Å²) in [6, 6.07) is 3.37. The molecule has 3 rings (SSSR count). The molecule has 0 atom stereocenters. The van der Waals surface area contributed by atoms with Gasteiger partial charge in [-0.25, -0.2) is 8.42 Å². The zero-order valence-electron chi connectivity index (χ0n) is 13.0. The second kappa shape index (κ2) is 5.48. The molecule has 0 spiro atoms. The SMILES string of the molecule is Cc1cc(S(=O)(=O)N2CCC(C3(O)CC3)CC2)c(C)cc1Cl. The van der Waals surface area contributed by atoms with E-state index in [2.05, 4.69) is 0 Å². The van der Waals surface area contributed by atoms with E-state index in [-0.39, 0.29) is 5.92 Å². The fourth-order valence-corrected chi connectivity index (χ4v) is 5.32. The standard InChI is InChI=1S/C16H22ClNO3S/c1-11-10-15(12(2)9-14(11)17)22(20,21)18-7-3-13(4-8-18)16(19)5-6-16/h9-10,13,19H,3-8H2,1-2H3. The highest BCUT2D eigenvalue weighted by atomic mass is 35.5. The van der Waals surface area contributed by atoms with Gasteiger partial charge in [0.15, 0.2) is 0 Å². The molecule has 0 radical (unpaired) electrons. The molecule has 6 heteroatoms. The number of halogens is 1. The fourth-order valence-electron chi connectivity index (χ4n) is 3.34. The smallest absolute Gasteiger partial charge is 0.243 e. The predicted molar refractivity (Wildman–Crippen MR) is 86.6 cm³/mol. The summed E-state index contributed by atoms with van der Waals surface area (Å²) < 4.78 is 27.3. The van der Waals surface area contributed by atoms with Crippen LogP contribution in [0.15, 0.2) is 17.0 Å². The quantitative estimate of drug-likeness (QED) is 0.918. The maximum Gasteiger partial charge on any atom is 0.243 e. The van der Waals surface area contributed by atoms with Crippen LogP contribution in [0.2, 0.25) is 5.02 Å². The number of benzene rings is 1. The highest BCUT2D eigenvalue weighted by molar-refractivity contribution is 7.89. The van der Waals surface area contributed by atoms with Crippen molar-refractivity contribution >= 4 is 21.6 Å². The van der Waals surface area contributed by atoms with Crippen LogP contribution in [0, 0.1) is 19.8 Å². The highest BCUT2D eigenvalue weighted by Gasteiger charge is 2.49. The predicted octanol–water partition coefficient (Wildman–Crippen LogP) is 2.88. The van der Waals surface area contributed by atoms with Crippen LogP contribution in [0.25, 0.3) is 0 Å². The molecular weight excluding hydrogens is 322 g/mol. The number of hydrogen-bond donors (Lipinski definition) is 1. The van der Waals surface area contributed by atoms with E-state index in [1.54, 1.807) is 23.4 Å². The van der Waals surface area contributed by atoms with E-state index in [0.717, 1.165) is 31.2 Å². The lowest BCUT2D eigenvalue weighted by Gasteiger charge is -2.34. The van der Waals surface area contributed by atoms with Gasteiger partial charge in [-0.15, -0.1) is 0 Å². The van der Waals surface area contributed by atoms with Crippen LogP contribution < -0.4 is 0 Å². The monoisotopic (exact) mass is 343 g/mol. The summed E-state index contributed by atoms with van der Waals surface area (Å²) in [6.07, 6.45) is 3.20. The van der Waals surface area contributed by atoms with Crippen molar-refractivity contribution in [1.82, 2.24) is 4.31 Å². The minimum atomic E-state index is -3.49. The number of aryl methyl sites for hydroxylation is 2. The van der Waals surface area contributed by atoms with Crippen molar-refractivity contribution in [3.8, 4) is 0 Å². The number of rotatable bonds is 3. The molecule has 2 aliphatic rings. The normalized spacial score (nSPS) is 22.7. The lowest BCUT2D eigenvalue weighted by Crippen LogP contribution is -2.42. The summed E-state index contributed by atoms with van der Waals surface area (Å²) in [6.45, 7) is 4.56. The van der Waals surface area contributed by atoms with Crippen LogP contribution in [0.4, 0.5) is 0 Å². The van der Waals surface area contributed by atoms with E-state index in [1.807, 2.05) is 6.92 Å². The number of piperidine rings is 1. The van der Waals surface area contributed by atoms with Gasteiger partial charge in [-0.1, -0.05) is 11.6 Å². The van der Waals surface area contributed by atoms with Crippen molar-refractivity contribution < 1.29 is 13.5 Å². The number of sulfonamides is 1. The van der Waals surface area contributed by atoms with Crippen molar-refractivity contribution in [2.24, 2.45) is 5.92 Å². The molecule has 1 aromatic carbocycles. The molecule has 22 heavy (non-hydrogen) atoms. The summed E-state index contributed by atoms with van der Waals surface area (Å²) in [4.78, 5) is 0.345. The molecule has 0 bridgehead atoms. The zero-order valence-corrected chi connectivity index (χ0v) is 14.5. The van der Waals surface area contributed by atoms with E-state index in [0.29, 0.717) is 28.6 Å². The van der Waals surface area contributed by atoms with Gasteiger partial charge in [0.05, 0.1) is 10.5 Å². The van der Waals surface area contributed by atoms with Gasteiger partial charge >= 0.3 is 0 Å². The molecule has 1 N–H and O–H groups in total. The van der Waals surface area contributed by atoms with Gasteiger partial charge in [0, 0.05) is 18.1 Å². The highest BCUT2D eigenvalue weighted by Crippen LogP contribution is 2.46. The average molecular weight is 344 g/mol. The maximum atomic E-state index is 12.9. The first kappa shape index (κ1) is 16.2. The van der Waals surface area contributed by atoms with Crippen molar-refractivity contribution in [3.05, 3.63) is 28.3 Å². The summed E-state index contributed by atoms with van der Waals surface area (Å²) in [7, 11) is -3.49. The van der Waals surface area contributed by atoms with E-state index in [1.165, 1.54) is 0 Å². The third kappa shape index (κ3) is 2.80. The van der Waals surface area contributed by atoms with Crippen molar-refractivity contribution in [2.75, 3.05) is 13.1 Å². The zero-order chi connectivity index (χ0) is 16.1. The Morgan fingerprint density at radius 3 is 2.32 bits per heavy atom. The van der Waals surface area contributed by atoms with E-state index >= 15 is 0 Å². The molecular formula is C16H22ClNO3S. The summed E-state index contributed by atoms with van der Waals surface area (Å²) in [5.74, 6) is 0.243. The third-order valence-corrected chi connectivity index (χ3v) is 7.50. The second-order valence-electron chi connectivity index (χ2n) is 6.65. The second-order valence-corrected chi connectivity index (χ2v) is 8.96. The minimum Gasteiger partial charge on any atom is -0.390 e.